The Morgan fingerprint density at radius 1 is 1.21 bits per heavy atom. The highest BCUT2D eigenvalue weighted by Gasteiger charge is 2.06. The number of hydrogen-bond donors (Lipinski definition) is 2. The summed E-state index contributed by atoms with van der Waals surface area (Å²) >= 11 is 1.65. The second-order valence-electron chi connectivity index (χ2n) is 7.03. The van der Waals surface area contributed by atoms with Crippen molar-refractivity contribution < 1.29 is 0 Å². The van der Waals surface area contributed by atoms with Crippen molar-refractivity contribution in [1.29, 1.82) is 0 Å². The van der Waals surface area contributed by atoms with E-state index in [0.29, 0.717) is 0 Å². The predicted octanol–water partition coefficient (Wildman–Crippen LogP) is 6.49. The van der Waals surface area contributed by atoms with Gasteiger partial charge in [0.1, 0.15) is 5.82 Å². The zero-order valence-corrected chi connectivity index (χ0v) is 18.5. The van der Waals surface area contributed by atoms with Crippen molar-refractivity contribution in [1.82, 2.24) is 15.3 Å². The lowest BCUT2D eigenvalue weighted by molar-refractivity contribution is 0.833. The number of aromatic nitrogens is 2. The van der Waals surface area contributed by atoms with Gasteiger partial charge in [0, 0.05) is 18.9 Å². The van der Waals surface area contributed by atoms with Crippen molar-refractivity contribution in [3.63, 3.8) is 0 Å². The fourth-order valence-electron chi connectivity index (χ4n) is 2.79. The number of unbranched alkanes of at least 4 members (excludes halogenated alkanes) is 1. The van der Waals surface area contributed by atoms with E-state index in [1.807, 2.05) is 31.4 Å². The average Bonchev–Trinajstić information content (AvgIpc) is 3.14. The van der Waals surface area contributed by atoms with Gasteiger partial charge in [-0.3, -0.25) is 0 Å². The normalized spacial score (nSPS) is 12.0. The van der Waals surface area contributed by atoms with Crippen molar-refractivity contribution in [2.75, 3.05) is 12.4 Å². The molecule has 0 bridgehead atoms. The van der Waals surface area contributed by atoms with Gasteiger partial charge in [-0.1, -0.05) is 42.1 Å². The summed E-state index contributed by atoms with van der Waals surface area (Å²) in [5, 5.41) is 7.36. The fourth-order valence-corrected chi connectivity index (χ4v) is 3.58. The van der Waals surface area contributed by atoms with Crippen LogP contribution in [-0.2, 0) is 6.42 Å². The van der Waals surface area contributed by atoms with Crippen molar-refractivity contribution in [3.8, 4) is 0 Å². The fraction of sp³-hybridized carbons (Fsp3) is 0.391. The zero-order chi connectivity index (χ0) is 20.4. The molecule has 0 amide bonds. The first kappa shape index (κ1) is 21.9. The first-order valence-electron chi connectivity index (χ1n) is 9.89. The van der Waals surface area contributed by atoms with Crippen LogP contribution in [0.25, 0.3) is 5.57 Å². The number of hydrogen-bond acceptors (Lipinski definition) is 5. The third-order valence-corrected chi connectivity index (χ3v) is 5.30. The van der Waals surface area contributed by atoms with Crippen LogP contribution in [0.1, 0.15) is 57.5 Å². The molecule has 150 valence electrons. The van der Waals surface area contributed by atoms with Crippen LogP contribution < -0.4 is 10.6 Å². The van der Waals surface area contributed by atoms with Gasteiger partial charge < -0.3 is 10.6 Å². The van der Waals surface area contributed by atoms with E-state index in [0.717, 1.165) is 42.3 Å². The largest absolute Gasteiger partial charge is 0.394 e. The van der Waals surface area contributed by atoms with Gasteiger partial charge in [-0.2, -0.15) is 0 Å². The minimum Gasteiger partial charge on any atom is -0.394 e. The maximum Gasteiger partial charge on any atom is 0.188 e. The summed E-state index contributed by atoms with van der Waals surface area (Å²) in [6, 6.07) is 6.04. The summed E-state index contributed by atoms with van der Waals surface area (Å²) in [4.78, 5) is 10.3. The molecule has 28 heavy (non-hydrogen) atoms. The van der Waals surface area contributed by atoms with Crippen LogP contribution in [0.3, 0.4) is 0 Å². The molecule has 0 aliphatic carbocycles. The topological polar surface area (TPSA) is 49.8 Å². The number of thiazole rings is 1. The maximum atomic E-state index is 4.59. The van der Waals surface area contributed by atoms with Gasteiger partial charge in [0.2, 0.25) is 0 Å². The summed E-state index contributed by atoms with van der Waals surface area (Å²) in [7, 11) is 1.95. The van der Waals surface area contributed by atoms with Gasteiger partial charge in [0.05, 0.1) is 4.88 Å². The lowest BCUT2D eigenvalue weighted by atomic mass is 10.1. The van der Waals surface area contributed by atoms with E-state index < -0.39 is 0 Å². The van der Waals surface area contributed by atoms with Crippen molar-refractivity contribution in [3.05, 3.63) is 64.5 Å². The van der Waals surface area contributed by atoms with Crippen LogP contribution in [0, 0.1) is 0 Å². The standard InChI is InChI=1S/C23H32N4S/c1-6-20-12-9-13-22(26-20)27-23-25-16-21(28-23)18(4)14-19(15-24-5)11-8-7-10-17(2)3/h9-10,12-16,24H,6-8,11H2,1-5H3,(H,25,26,27)/b18-14+,19-15-. The average molecular weight is 397 g/mol. The Kier molecular flexibility index (Phi) is 8.95. The molecule has 0 aromatic carbocycles. The highest BCUT2D eigenvalue weighted by Crippen LogP contribution is 2.28. The number of rotatable bonds is 10. The van der Waals surface area contributed by atoms with E-state index in [4.69, 9.17) is 0 Å². The Labute approximate surface area is 173 Å². The maximum absolute atomic E-state index is 4.59. The molecule has 2 N–H and O–H groups in total. The molecule has 2 rings (SSSR count). The Hall–Kier alpha value is -2.40. The quantitative estimate of drug-likeness (QED) is 0.274. The van der Waals surface area contributed by atoms with Crippen LogP contribution in [-0.4, -0.2) is 17.0 Å². The molecule has 0 spiro atoms. The summed E-state index contributed by atoms with van der Waals surface area (Å²) in [6.07, 6.45) is 12.8. The molecule has 4 nitrogen and oxygen atoms in total. The lowest BCUT2D eigenvalue weighted by Crippen LogP contribution is -1.96. The molecular formula is C23H32N4S. The number of aryl methyl sites for hydroxylation is 1. The summed E-state index contributed by atoms with van der Waals surface area (Å²) < 4.78 is 0. The smallest absolute Gasteiger partial charge is 0.188 e. The number of anilines is 2. The second-order valence-corrected chi connectivity index (χ2v) is 8.06. The Morgan fingerprint density at radius 3 is 2.75 bits per heavy atom. The van der Waals surface area contributed by atoms with Gasteiger partial charge in [0.25, 0.3) is 0 Å². The number of pyridine rings is 1. The third-order valence-electron chi connectivity index (χ3n) is 4.25. The number of allylic oxidation sites excluding steroid dienone is 5. The van der Waals surface area contributed by atoms with Crippen LogP contribution in [0.4, 0.5) is 10.9 Å². The first-order chi connectivity index (χ1) is 13.5. The monoisotopic (exact) mass is 396 g/mol. The van der Waals surface area contributed by atoms with E-state index >= 15 is 0 Å². The number of nitrogens with one attached hydrogen (secondary N) is 2. The van der Waals surface area contributed by atoms with Crippen molar-refractivity contribution in [2.45, 2.75) is 53.4 Å². The molecule has 2 aromatic heterocycles. The summed E-state index contributed by atoms with van der Waals surface area (Å²) in [6.45, 7) is 8.56. The molecule has 0 fully saturated rings. The lowest BCUT2D eigenvalue weighted by Gasteiger charge is -2.05. The second kappa shape index (κ2) is 11.4. The molecule has 0 saturated carbocycles. The van der Waals surface area contributed by atoms with E-state index in [9.17, 15) is 0 Å². The van der Waals surface area contributed by atoms with Crippen molar-refractivity contribution in [2.24, 2.45) is 0 Å². The van der Waals surface area contributed by atoms with Gasteiger partial charge in [0.15, 0.2) is 5.13 Å². The SMILES string of the molecule is CCc1cccc(Nc2ncc(/C(C)=C/C(=C\NC)CCCC=C(C)C)s2)n1. The Morgan fingerprint density at radius 2 is 2.04 bits per heavy atom. The Bertz CT molecular complexity index is 842. The Balaban J connectivity index is 2.04. The number of nitrogens with zero attached hydrogens (tertiary/aromatic N) is 2. The highest BCUT2D eigenvalue weighted by molar-refractivity contribution is 7.16. The summed E-state index contributed by atoms with van der Waals surface area (Å²) in [5.41, 5.74) is 4.99. The zero-order valence-electron chi connectivity index (χ0n) is 17.7. The molecule has 0 saturated heterocycles. The van der Waals surface area contributed by atoms with E-state index in [1.54, 1.807) is 11.3 Å². The molecule has 0 aliphatic rings. The summed E-state index contributed by atoms with van der Waals surface area (Å²) in [5.74, 6) is 0.844. The van der Waals surface area contributed by atoms with Crippen molar-refractivity contribution >= 4 is 27.9 Å². The molecule has 0 radical (unpaired) electrons. The van der Waals surface area contributed by atoms with E-state index in [-0.39, 0.29) is 0 Å². The molecular weight excluding hydrogens is 364 g/mol. The van der Waals surface area contributed by atoms with Crippen LogP contribution in [0.5, 0.6) is 0 Å². The van der Waals surface area contributed by atoms with Crippen LogP contribution in [0.2, 0.25) is 0 Å². The molecule has 0 atom stereocenters. The van der Waals surface area contributed by atoms with Gasteiger partial charge in [-0.05, 0) is 75.9 Å². The first-order valence-corrected chi connectivity index (χ1v) is 10.7. The van der Waals surface area contributed by atoms with E-state index in [1.165, 1.54) is 21.6 Å². The van der Waals surface area contributed by atoms with Gasteiger partial charge in [-0.25, -0.2) is 9.97 Å². The molecule has 5 heteroatoms. The molecule has 0 aliphatic heterocycles. The molecule has 2 aromatic rings. The molecule has 0 unspecified atom stereocenters. The molecule has 2 heterocycles. The third kappa shape index (κ3) is 7.31. The van der Waals surface area contributed by atoms with E-state index in [2.05, 4.69) is 66.6 Å². The van der Waals surface area contributed by atoms with Gasteiger partial charge in [-0.15, -0.1) is 0 Å². The van der Waals surface area contributed by atoms with Crippen LogP contribution in [0.15, 0.2) is 53.9 Å². The highest BCUT2D eigenvalue weighted by atomic mass is 32.1. The van der Waals surface area contributed by atoms with Crippen LogP contribution >= 0.6 is 11.3 Å². The van der Waals surface area contributed by atoms with Gasteiger partial charge >= 0.3 is 0 Å². The minimum atomic E-state index is 0.844. The minimum absolute atomic E-state index is 0.844. The predicted molar refractivity (Wildman–Crippen MR) is 123 cm³/mol.